The van der Waals surface area contributed by atoms with Gasteiger partial charge in [-0.1, -0.05) is 0 Å². The number of fused-ring (bicyclic) bond motifs is 1. The quantitative estimate of drug-likeness (QED) is 0.863. The first-order valence-corrected chi connectivity index (χ1v) is 7.05. The molecule has 2 aliphatic rings. The van der Waals surface area contributed by atoms with E-state index in [0.29, 0.717) is 30.2 Å². The van der Waals surface area contributed by atoms with Crippen molar-refractivity contribution in [2.24, 2.45) is 0 Å². The van der Waals surface area contributed by atoms with Crippen LogP contribution >= 0.6 is 0 Å². The van der Waals surface area contributed by atoms with Crippen LogP contribution in [-0.2, 0) is 0 Å². The molecule has 6 heteroatoms. The van der Waals surface area contributed by atoms with Gasteiger partial charge in [-0.25, -0.2) is 0 Å². The third-order valence-corrected chi connectivity index (χ3v) is 3.69. The van der Waals surface area contributed by atoms with Crippen LogP contribution in [0.2, 0.25) is 0 Å². The maximum absolute atomic E-state index is 12.4. The standard InChI is InChI=1S/C16H14N2O4/c19-16(11-3-4-14-15(6-11)21-10-20-14)18-8-13(9-18)22-12-2-1-5-17-7-12/h1-7,13H,8-10H2. The van der Waals surface area contributed by atoms with E-state index >= 15 is 0 Å². The lowest BCUT2D eigenvalue weighted by molar-refractivity contribution is 0.0176. The second-order valence-corrected chi connectivity index (χ2v) is 5.21. The smallest absolute Gasteiger partial charge is 0.254 e. The van der Waals surface area contributed by atoms with Gasteiger partial charge < -0.3 is 19.1 Å². The molecule has 1 aromatic carbocycles. The molecule has 0 saturated carbocycles. The minimum atomic E-state index is -0.0238. The molecule has 112 valence electrons. The molecule has 0 aliphatic carbocycles. The van der Waals surface area contributed by atoms with Gasteiger partial charge in [0.05, 0.1) is 19.3 Å². The Kier molecular flexibility index (Phi) is 3.07. The van der Waals surface area contributed by atoms with Gasteiger partial charge in [-0.2, -0.15) is 0 Å². The Bertz CT molecular complexity index is 699. The van der Waals surface area contributed by atoms with E-state index in [1.165, 1.54) is 0 Å². The van der Waals surface area contributed by atoms with E-state index in [0.717, 1.165) is 5.75 Å². The first-order valence-electron chi connectivity index (χ1n) is 7.05. The van der Waals surface area contributed by atoms with E-state index in [9.17, 15) is 4.79 Å². The Labute approximate surface area is 127 Å². The molecular formula is C16H14N2O4. The van der Waals surface area contributed by atoms with Gasteiger partial charge in [0.15, 0.2) is 11.5 Å². The molecule has 0 N–H and O–H groups in total. The fourth-order valence-corrected chi connectivity index (χ4v) is 2.50. The molecule has 0 atom stereocenters. The number of hydrogen-bond donors (Lipinski definition) is 0. The molecule has 4 rings (SSSR count). The maximum Gasteiger partial charge on any atom is 0.254 e. The first-order chi connectivity index (χ1) is 10.8. The van der Waals surface area contributed by atoms with Gasteiger partial charge in [-0.05, 0) is 30.3 Å². The Balaban J connectivity index is 1.37. The van der Waals surface area contributed by atoms with Crippen molar-refractivity contribution in [3.05, 3.63) is 48.3 Å². The number of amides is 1. The number of ether oxygens (including phenoxy) is 3. The zero-order chi connectivity index (χ0) is 14.9. The summed E-state index contributed by atoms with van der Waals surface area (Å²) in [6.07, 6.45) is 3.38. The van der Waals surface area contributed by atoms with Crippen LogP contribution in [0, 0.1) is 0 Å². The summed E-state index contributed by atoms with van der Waals surface area (Å²) in [5.74, 6) is 2.00. The van der Waals surface area contributed by atoms with Gasteiger partial charge in [0.25, 0.3) is 5.91 Å². The van der Waals surface area contributed by atoms with Gasteiger partial charge in [-0.3, -0.25) is 9.78 Å². The summed E-state index contributed by atoms with van der Waals surface area (Å²) >= 11 is 0. The molecule has 0 bridgehead atoms. The van der Waals surface area contributed by atoms with E-state index in [1.54, 1.807) is 35.5 Å². The molecule has 2 aliphatic heterocycles. The van der Waals surface area contributed by atoms with Crippen LogP contribution in [0.1, 0.15) is 10.4 Å². The number of aromatic nitrogens is 1. The topological polar surface area (TPSA) is 60.9 Å². The zero-order valence-electron chi connectivity index (χ0n) is 11.8. The predicted molar refractivity (Wildman–Crippen MR) is 77.1 cm³/mol. The maximum atomic E-state index is 12.4. The molecule has 1 saturated heterocycles. The van der Waals surface area contributed by atoms with Crippen LogP contribution < -0.4 is 14.2 Å². The van der Waals surface area contributed by atoms with Crippen LogP contribution in [0.4, 0.5) is 0 Å². The number of carbonyl (C=O) groups is 1. The lowest BCUT2D eigenvalue weighted by Crippen LogP contribution is -2.56. The molecule has 1 fully saturated rings. The highest BCUT2D eigenvalue weighted by Crippen LogP contribution is 2.33. The van der Waals surface area contributed by atoms with Crippen molar-refractivity contribution < 1.29 is 19.0 Å². The SMILES string of the molecule is O=C(c1ccc2c(c1)OCO2)N1CC(Oc2cccnc2)C1. The number of pyridine rings is 1. The number of rotatable bonds is 3. The van der Waals surface area contributed by atoms with Crippen LogP contribution in [0.25, 0.3) is 0 Å². The van der Waals surface area contributed by atoms with Gasteiger partial charge in [0, 0.05) is 11.8 Å². The van der Waals surface area contributed by atoms with Gasteiger partial charge in [-0.15, -0.1) is 0 Å². The second-order valence-electron chi connectivity index (χ2n) is 5.21. The monoisotopic (exact) mass is 298 g/mol. The predicted octanol–water partition coefficient (Wildman–Crippen LogP) is 1.71. The summed E-state index contributed by atoms with van der Waals surface area (Å²) in [5.41, 5.74) is 0.601. The molecule has 6 nitrogen and oxygen atoms in total. The van der Waals surface area contributed by atoms with Gasteiger partial charge in [0.1, 0.15) is 11.9 Å². The average Bonchev–Trinajstić information content (AvgIpc) is 2.98. The zero-order valence-corrected chi connectivity index (χ0v) is 11.8. The molecule has 22 heavy (non-hydrogen) atoms. The molecule has 2 aromatic rings. The van der Waals surface area contributed by atoms with Crippen molar-refractivity contribution >= 4 is 5.91 Å². The number of benzene rings is 1. The van der Waals surface area contributed by atoms with Crippen molar-refractivity contribution in [2.45, 2.75) is 6.10 Å². The van der Waals surface area contributed by atoms with Crippen LogP contribution in [0.3, 0.4) is 0 Å². The summed E-state index contributed by atoms with van der Waals surface area (Å²) in [7, 11) is 0. The Morgan fingerprint density at radius 2 is 2.09 bits per heavy atom. The molecule has 1 aromatic heterocycles. The normalized spacial score (nSPS) is 16.3. The highest BCUT2D eigenvalue weighted by molar-refractivity contribution is 5.95. The molecule has 0 radical (unpaired) electrons. The number of carbonyl (C=O) groups excluding carboxylic acids is 1. The van der Waals surface area contributed by atoms with Gasteiger partial charge in [0.2, 0.25) is 6.79 Å². The van der Waals surface area contributed by atoms with E-state index in [1.807, 2.05) is 12.1 Å². The van der Waals surface area contributed by atoms with Crippen LogP contribution in [0.15, 0.2) is 42.7 Å². The Hall–Kier alpha value is -2.76. The number of nitrogens with zero attached hydrogens (tertiary/aromatic N) is 2. The Morgan fingerprint density at radius 3 is 2.91 bits per heavy atom. The van der Waals surface area contributed by atoms with E-state index < -0.39 is 0 Å². The third kappa shape index (κ3) is 2.32. The van der Waals surface area contributed by atoms with E-state index in [2.05, 4.69) is 4.98 Å². The Morgan fingerprint density at radius 1 is 1.23 bits per heavy atom. The lowest BCUT2D eigenvalue weighted by Gasteiger charge is -2.38. The van der Waals surface area contributed by atoms with Crippen molar-refractivity contribution in [1.82, 2.24) is 9.88 Å². The highest BCUT2D eigenvalue weighted by Gasteiger charge is 2.33. The minimum absolute atomic E-state index is 0.0159. The number of hydrogen-bond acceptors (Lipinski definition) is 5. The van der Waals surface area contributed by atoms with E-state index in [-0.39, 0.29) is 18.8 Å². The van der Waals surface area contributed by atoms with Crippen molar-refractivity contribution in [2.75, 3.05) is 19.9 Å². The first kappa shape index (κ1) is 12.9. The molecule has 1 amide bonds. The largest absolute Gasteiger partial charge is 0.485 e. The summed E-state index contributed by atoms with van der Waals surface area (Å²) in [6.45, 7) is 1.35. The average molecular weight is 298 g/mol. The van der Waals surface area contributed by atoms with Crippen LogP contribution in [-0.4, -0.2) is 41.8 Å². The minimum Gasteiger partial charge on any atom is -0.485 e. The second kappa shape index (κ2) is 5.22. The summed E-state index contributed by atoms with van der Waals surface area (Å²) in [4.78, 5) is 18.1. The van der Waals surface area contributed by atoms with Gasteiger partial charge >= 0.3 is 0 Å². The fraction of sp³-hybridized carbons (Fsp3) is 0.250. The van der Waals surface area contributed by atoms with E-state index in [4.69, 9.17) is 14.2 Å². The van der Waals surface area contributed by atoms with Crippen molar-refractivity contribution in [3.8, 4) is 17.2 Å². The van der Waals surface area contributed by atoms with Crippen molar-refractivity contribution in [1.29, 1.82) is 0 Å². The lowest BCUT2D eigenvalue weighted by atomic mass is 10.1. The molecule has 0 spiro atoms. The van der Waals surface area contributed by atoms with Crippen LogP contribution in [0.5, 0.6) is 17.2 Å². The molecule has 0 unspecified atom stereocenters. The molecule has 3 heterocycles. The number of likely N-dealkylation sites (tertiary alicyclic amines) is 1. The fourth-order valence-electron chi connectivity index (χ4n) is 2.50. The summed E-state index contributed by atoms with van der Waals surface area (Å²) in [6, 6.07) is 8.92. The highest BCUT2D eigenvalue weighted by atomic mass is 16.7. The summed E-state index contributed by atoms with van der Waals surface area (Å²) < 4.78 is 16.3. The summed E-state index contributed by atoms with van der Waals surface area (Å²) in [5, 5.41) is 0. The molecular weight excluding hydrogens is 284 g/mol. The van der Waals surface area contributed by atoms with Crippen molar-refractivity contribution in [3.63, 3.8) is 0 Å². The third-order valence-electron chi connectivity index (χ3n) is 3.69.